The molecule has 1 unspecified atom stereocenters. The van der Waals surface area contributed by atoms with Gasteiger partial charge in [0.15, 0.2) is 11.5 Å². The molecule has 4 rings (SSSR count). The zero-order chi connectivity index (χ0) is 19.9. The van der Waals surface area contributed by atoms with Crippen molar-refractivity contribution in [1.82, 2.24) is 0 Å². The fourth-order valence-electron chi connectivity index (χ4n) is 4.26. The molecule has 6 nitrogen and oxygen atoms in total. The first-order valence-electron chi connectivity index (χ1n) is 9.25. The van der Waals surface area contributed by atoms with Crippen LogP contribution in [0.1, 0.15) is 37.7 Å². The molecule has 1 aromatic heterocycles. The van der Waals surface area contributed by atoms with Crippen LogP contribution in [0.3, 0.4) is 0 Å². The Morgan fingerprint density at radius 1 is 1.14 bits per heavy atom. The van der Waals surface area contributed by atoms with Crippen LogP contribution in [0.5, 0.6) is 5.75 Å². The maximum atomic E-state index is 12.1. The van der Waals surface area contributed by atoms with Crippen LogP contribution in [0.25, 0.3) is 11.3 Å². The minimum Gasteiger partial charge on any atom is -0.505 e. The highest BCUT2D eigenvalue weighted by Gasteiger charge is 2.55. The molecule has 148 valence electrons. The Labute approximate surface area is 167 Å². The molecule has 1 saturated carbocycles. The third-order valence-corrected chi connectivity index (χ3v) is 5.84. The van der Waals surface area contributed by atoms with Crippen LogP contribution in [-0.2, 0) is 15.1 Å². The summed E-state index contributed by atoms with van der Waals surface area (Å²) >= 11 is 6.37. The van der Waals surface area contributed by atoms with Crippen molar-refractivity contribution in [1.29, 1.82) is 0 Å². The molecule has 1 fully saturated rings. The normalized spacial score (nSPS) is 23.1. The molecular weight excluding hydrogens is 384 g/mol. The molecule has 2 aromatic rings. The average molecular weight is 405 g/mol. The van der Waals surface area contributed by atoms with Crippen molar-refractivity contribution in [3.63, 3.8) is 0 Å². The highest BCUT2D eigenvalue weighted by Crippen LogP contribution is 2.51. The van der Waals surface area contributed by atoms with Gasteiger partial charge in [-0.05, 0) is 31.0 Å². The number of carbonyl (C=O) groups is 1. The van der Waals surface area contributed by atoms with E-state index in [1.165, 1.54) is 6.26 Å². The van der Waals surface area contributed by atoms with Gasteiger partial charge in [0.1, 0.15) is 12.0 Å². The summed E-state index contributed by atoms with van der Waals surface area (Å²) in [5, 5.41) is 21.2. The van der Waals surface area contributed by atoms with E-state index in [1.807, 2.05) is 0 Å². The predicted molar refractivity (Wildman–Crippen MR) is 102 cm³/mol. The quantitative estimate of drug-likeness (QED) is 0.675. The van der Waals surface area contributed by atoms with Gasteiger partial charge in [-0.25, -0.2) is 4.79 Å². The summed E-state index contributed by atoms with van der Waals surface area (Å²) in [5.41, 5.74) is -0.291. The van der Waals surface area contributed by atoms with Crippen LogP contribution in [0.15, 0.2) is 46.5 Å². The van der Waals surface area contributed by atoms with E-state index in [0.717, 1.165) is 32.1 Å². The lowest BCUT2D eigenvalue weighted by atomic mass is 9.72. The highest BCUT2D eigenvalue weighted by molar-refractivity contribution is 6.31. The topological polar surface area (TPSA) is 89.1 Å². The lowest BCUT2D eigenvalue weighted by Gasteiger charge is -2.38. The molecule has 1 aliphatic heterocycles. The van der Waals surface area contributed by atoms with Gasteiger partial charge in [0.25, 0.3) is 0 Å². The van der Waals surface area contributed by atoms with Crippen LogP contribution in [0.2, 0.25) is 5.02 Å². The number of rotatable bonds is 4. The Kier molecular flexibility index (Phi) is 4.75. The molecule has 0 radical (unpaired) electrons. The van der Waals surface area contributed by atoms with Crippen molar-refractivity contribution < 1.29 is 28.9 Å². The smallest absolute Gasteiger partial charge is 0.378 e. The molecule has 1 atom stereocenters. The molecule has 0 saturated heterocycles. The maximum absolute atomic E-state index is 12.1. The molecule has 2 heterocycles. The van der Waals surface area contributed by atoms with Crippen LogP contribution in [0, 0.1) is 5.92 Å². The first-order chi connectivity index (χ1) is 13.5. The van der Waals surface area contributed by atoms with E-state index >= 15 is 0 Å². The SMILES string of the molecule is COc1coc(-c2cc(Cl)cc(C3(C4CCCCC4)OC(=O)C(O)=C3O)c2)c1. The van der Waals surface area contributed by atoms with E-state index in [1.54, 1.807) is 31.4 Å². The summed E-state index contributed by atoms with van der Waals surface area (Å²) in [7, 11) is 1.54. The lowest BCUT2D eigenvalue weighted by Crippen LogP contribution is -2.39. The summed E-state index contributed by atoms with van der Waals surface area (Å²) in [6, 6.07) is 6.86. The summed E-state index contributed by atoms with van der Waals surface area (Å²) in [5.74, 6) is -1.19. The van der Waals surface area contributed by atoms with E-state index in [9.17, 15) is 15.0 Å². The third kappa shape index (κ3) is 2.92. The number of carbonyl (C=O) groups excluding carboxylic acids is 1. The number of methoxy groups -OCH3 is 1. The molecule has 2 aliphatic rings. The molecular formula is C21H21ClO6. The monoisotopic (exact) mass is 404 g/mol. The third-order valence-electron chi connectivity index (χ3n) is 5.63. The Hall–Kier alpha value is -2.60. The minimum atomic E-state index is -1.45. The van der Waals surface area contributed by atoms with Crippen LogP contribution < -0.4 is 4.74 Å². The molecule has 2 N–H and O–H groups in total. The first-order valence-corrected chi connectivity index (χ1v) is 9.63. The highest BCUT2D eigenvalue weighted by atomic mass is 35.5. The van der Waals surface area contributed by atoms with Crippen LogP contribution in [0.4, 0.5) is 0 Å². The predicted octanol–water partition coefficient (Wildman–Crippen LogP) is 5.27. The number of aliphatic hydroxyl groups is 2. The average Bonchev–Trinajstić information content (AvgIpc) is 3.28. The first kappa shape index (κ1) is 18.7. The molecule has 7 heteroatoms. The van der Waals surface area contributed by atoms with Crippen LogP contribution >= 0.6 is 11.6 Å². The van der Waals surface area contributed by atoms with Gasteiger partial charge >= 0.3 is 5.97 Å². The second kappa shape index (κ2) is 7.09. The van der Waals surface area contributed by atoms with Crippen molar-refractivity contribution in [3.8, 4) is 17.1 Å². The maximum Gasteiger partial charge on any atom is 0.378 e. The summed E-state index contributed by atoms with van der Waals surface area (Å²) < 4.78 is 16.4. The van der Waals surface area contributed by atoms with E-state index < -0.39 is 23.1 Å². The second-order valence-corrected chi connectivity index (χ2v) is 7.67. The van der Waals surface area contributed by atoms with Crippen LogP contribution in [-0.4, -0.2) is 23.3 Å². The van der Waals surface area contributed by atoms with Crippen molar-refractivity contribution in [3.05, 3.63) is 52.6 Å². The minimum absolute atomic E-state index is 0.160. The fourth-order valence-corrected chi connectivity index (χ4v) is 4.49. The van der Waals surface area contributed by atoms with Crippen molar-refractivity contribution >= 4 is 17.6 Å². The molecule has 1 aliphatic carbocycles. The Balaban J connectivity index is 1.86. The van der Waals surface area contributed by atoms with Gasteiger partial charge in [-0.2, -0.15) is 0 Å². The van der Waals surface area contributed by atoms with Gasteiger partial charge in [0.05, 0.1) is 7.11 Å². The van der Waals surface area contributed by atoms with E-state index in [4.69, 9.17) is 25.5 Å². The zero-order valence-electron chi connectivity index (χ0n) is 15.4. The van der Waals surface area contributed by atoms with Gasteiger partial charge in [0.2, 0.25) is 11.4 Å². The molecule has 0 spiro atoms. The number of ether oxygens (including phenoxy) is 2. The molecule has 1 aromatic carbocycles. The zero-order valence-corrected chi connectivity index (χ0v) is 16.2. The summed E-state index contributed by atoms with van der Waals surface area (Å²) in [6.45, 7) is 0. The fraction of sp³-hybridized carbons (Fsp3) is 0.381. The molecule has 0 bridgehead atoms. The Morgan fingerprint density at radius 2 is 1.89 bits per heavy atom. The van der Waals surface area contributed by atoms with E-state index in [0.29, 0.717) is 27.7 Å². The van der Waals surface area contributed by atoms with E-state index in [-0.39, 0.29) is 5.92 Å². The number of aliphatic hydroxyl groups excluding tert-OH is 2. The number of esters is 1. The number of hydrogen-bond acceptors (Lipinski definition) is 6. The second-order valence-electron chi connectivity index (χ2n) is 7.24. The molecule has 28 heavy (non-hydrogen) atoms. The van der Waals surface area contributed by atoms with E-state index in [2.05, 4.69) is 0 Å². The van der Waals surface area contributed by atoms with Gasteiger partial charge in [-0.1, -0.05) is 30.9 Å². The summed E-state index contributed by atoms with van der Waals surface area (Å²) in [6.07, 6.45) is 6.01. The number of benzene rings is 1. The summed E-state index contributed by atoms with van der Waals surface area (Å²) in [4.78, 5) is 12.1. The number of hydrogen-bond donors (Lipinski definition) is 2. The number of halogens is 1. The largest absolute Gasteiger partial charge is 0.505 e. The Bertz CT molecular complexity index is 940. The number of furan rings is 1. The lowest BCUT2D eigenvalue weighted by molar-refractivity contribution is -0.157. The van der Waals surface area contributed by atoms with Crippen molar-refractivity contribution in [2.45, 2.75) is 37.7 Å². The van der Waals surface area contributed by atoms with Crippen molar-refractivity contribution in [2.75, 3.05) is 7.11 Å². The van der Waals surface area contributed by atoms with Gasteiger partial charge in [-0.3, -0.25) is 0 Å². The Morgan fingerprint density at radius 3 is 2.50 bits per heavy atom. The van der Waals surface area contributed by atoms with Gasteiger partial charge in [0, 0.05) is 28.1 Å². The van der Waals surface area contributed by atoms with Crippen molar-refractivity contribution in [2.24, 2.45) is 5.92 Å². The molecule has 0 amide bonds. The van der Waals surface area contributed by atoms with Gasteiger partial charge < -0.3 is 24.1 Å². The van der Waals surface area contributed by atoms with Gasteiger partial charge in [-0.15, -0.1) is 0 Å². The number of cyclic esters (lactones) is 1. The standard InChI is InChI=1S/C21H21ClO6/c1-26-16-10-17(27-11-16)12-7-14(9-15(22)8-12)21(13-5-3-2-4-6-13)19(24)18(23)20(25)28-21/h7-11,13,23-24H,2-6H2,1H3.